The second-order valence-corrected chi connectivity index (χ2v) is 6.17. The summed E-state index contributed by atoms with van der Waals surface area (Å²) in [6.07, 6.45) is 0.139. The van der Waals surface area contributed by atoms with E-state index in [1.54, 1.807) is 0 Å². The number of hydrogen-bond acceptors (Lipinski definition) is 4. The first-order valence-electron chi connectivity index (χ1n) is 7.21. The Bertz CT molecular complexity index is 673. The molecule has 4 nitrogen and oxygen atoms in total. The summed E-state index contributed by atoms with van der Waals surface area (Å²) in [6.45, 7) is 4.98. The summed E-state index contributed by atoms with van der Waals surface area (Å²) in [4.78, 5) is 0. The molecule has 0 fully saturated rings. The van der Waals surface area contributed by atoms with Crippen LogP contribution >= 0.6 is 15.9 Å². The lowest BCUT2D eigenvalue weighted by Gasteiger charge is -2.16. The number of anilines is 1. The maximum absolute atomic E-state index is 5.82. The molecule has 1 aliphatic heterocycles. The van der Waals surface area contributed by atoms with Gasteiger partial charge in [-0.05, 0) is 43.7 Å². The van der Waals surface area contributed by atoms with E-state index >= 15 is 0 Å². The summed E-state index contributed by atoms with van der Waals surface area (Å²) in [5.41, 5.74) is 2.07. The van der Waals surface area contributed by atoms with Crippen LogP contribution in [0, 0.1) is 0 Å². The highest BCUT2D eigenvalue weighted by Crippen LogP contribution is 2.37. The van der Waals surface area contributed by atoms with Crippen molar-refractivity contribution < 1.29 is 14.2 Å². The zero-order valence-corrected chi connectivity index (χ0v) is 14.1. The third kappa shape index (κ3) is 3.30. The van der Waals surface area contributed by atoms with E-state index in [0.29, 0.717) is 6.54 Å². The van der Waals surface area contributed by atoms with E-state index in [1.807, 2.05) is 50.2 Å². The molecule has 3 rings (SSSR count). The fourth-order valence-corrected chi connectivity index (χ4v) is 2.72. The molecule has 116 valence electrons. The lowest BCUT2D eigenvalue weighted by atomic mass is 10.2. The van der Waals surface area contributed by atoms with Crippen LogP contribution < -0.4 is 19.5 Å². The first-order chi connectivity index (χ1) is 10.6. The Kier molecular flexibility index (Phi) is 4.43. The van der Waals surface area contributed by atoms with Gasteiger partial charge in [-0.15, -0.1) is 0 Å². The Morgan fingerprint density at radius 2 is 1.91 bits per heavy atom. The largest absolute Gasteiger partial charge is 0.489 e. The van der Waals surface area contributed by atoms with Crippen molar-refractivity contribution in [2.75, 3.05) is 12.1 Å². The van der Waals surface area contributed by atoms with Gasteiger partial charge in [0.1, 0.15) is 5.75 Å². The van der Waals surface area contributed by atoms with Crippen LogP contribution in [-0.4, -0.2) is 12.9 Å². The number of rotatable bonds is 5. The predicted octanol–water partition coefficient (Wildman–Crippen LogP) is 4.58. The van der Waals surface area contributed by atoms with Gasteiger partial charge in [-0.3, -0.25) is 0 Å². The van der Waals surface area contributed by atoms with Crippen molar-refractivity contribution in [1.82, 2.24) is 0 Å². The first-order valence-corrected chi connectivity index (χ1v) is 8.00. The molecule has 22 heavy (non-hydrogen) atoms. The highest BCUT2D eigenvalue weighted by Gasteiger charge is 2.16. The number of fused-ring (bicyclic) bond motifs is 1. The molecule has 0 saturated carbocycles. The third-order valence-electron chi connectivity index (χ3n) is 3.26. The van der Waals surface area contributed by atoms with Gasteiger partial charge in [0.2, 0.25) is 6.79 Å². The molecule has 0 bridgehead atoms. The summed E-state index contributed by atoms with van der Waals surface area (Å²) in [5, 5.41) is 3.42. The van der Waals surface area contributed by atoms with E-state index in [1.165, 1.54) is 0 Å². The zero-order chi connectivity index (χ0) is 15.5. The van der Waals surface area contributed by atoms with Crippen LogP contribution in [0.25, 0.3) is 0 Å². The molecule has 1 N–H and O–H groups in total. The number of nitrogens with one attached hydrogen (secondary N) is 1. The van der Waals surface area contributed by atoms with E-state index in [2.05, 4.69) is 21.2 Å². The molecule has 1 heterocycles. The summed E-state index contributed by atoms with van der Waals surface area (Å²) in [5.74, 6) is 2.42. The van der Waals surface area contributed by atoms with Crippen LogP contribution in [0.3, 0.4) is 0 Å². The van der Waals surface area contributed by atoms with E-state index in [9.17, 15) is 0 Å². The Balaban J connectivity index is 1.76. The van der Waals surface area contributed by atoms with Gasteiger partial charge in [-0.25, -0.2) is 0 Å². The molecule has 0 aromatic heterocycles. The van der Waals surface area contributed by atoms with E-state index in [0.717, 1.165) is 33.0 Å². The minimum Gasteiger partial charge on any atom is -0.489 e. The van der Waals surface area contributed by atoms with Crippen LogP contribution in [0.1, 0.15) is 19.4 Å². The van der Waals surface area contributed by atoms with Crippen LogP contribution in [0.15, 0.2) is 40.9 Å². The Hall–Kier alpha value is -1.88. The second-order valence-electron chi connectivity index (χ2n) is 5.31. The van der Waals surface area contributed by atoms with E-state index < -0.39 is 0 Å². The summed E-state index contributed by atoms with van der Waals surface area (Å²) in [6, 6.07) is 11.9. The Morgan fingerprint density at radius 3 is 2.68 bits per heavy atom. The highest BCUT2D eigenvalue weighted by atomic mass is 79.9. The van der Waals surface area contributed by atoms with Crippen LogP contribution in [0.4, 0.5) is 5.69 Å². The van der Waals surface area contributed by atoms with Crippen LogP contribution in [-0.2, 0) is 6.54 Å². The van der Waals surface area contributed by atoms with Crippen molar-refractivity contribution in [1.29, 1.82) is 0 Å². The number of hydrogen-bond donors (Lipinski definition) is 1. The smallest absolute Gasteiger partial charge is 0.231 e. The molecule has 2 aromatic carbocycles. The number of halogens is 1. The maximum atomic E-state index is 5.82. The summed E-state index contributed by atoms with van der Waals surface area (Å²) < 4.78 is 17.6. The van der Waals surface area contributed by atoms with Crippen molar-refractivity contribution in [2.24, 2.45) is 0 Å². The van der Waals surface area contributed by atoms with E-state index in [4.69, 9.17) is 14.2 Å². The zero-order valence-electron chi connectivity index (χ0n) is 12.6. The molecule has 0 saturated heterocycles. The van der Waals surface area contributed by atoms with Crippen LogP contribution in [0.2, 0.25) is 0 Å². The van der Waals surface area contributed by atoms with Crippen molar-refractivity contribution >= 4 is 21.6 Å². The molecule has 0 aliphatic carbocycles. The molecule has 1 aliphatic rings. The predicted molar refractivity (Wildman–Crippen MR) is 89.8 cm³/mol. The van der Waals surface area contributed by atoms with Crippen LogP contribution in [0.5, 0.6) is 17.2 Å². The molecule has 0 atom stereocenters. The van der Waals surface area contributed by atoms with Gasteiger partial charge in [0.15, 0.2) is 11.5 Å². The summed E-state index contributed by atoms with van der Waals surface area (Å²) >= 11 is 3.58. The molecule has 0 unspecified atom stereocenters. The van der Waals surface area contributed by atoms with Gasteiger partial charge < -0.3 is 19.5 Å². The van der Waals surface area contributed by atoms with Gasteiger partial charge in [0, 0.05) is 11.0 Å². The second kappa shape index (κ2) is 6.48. The van der Waals surface area contributed by atoms with Crippen molar-refractivity contribution in [3.63, 3.8) is 0 Å². The van der Waals surface area contributed by atoms with Gasteiger partial charge in [0.05, 0.1) is 11.8 Å². The monoisotopic (exact) mass is 363 g/mol. The first kappa shape index (κ1) is 15.0. The minimum atomic E-state index is 0.139. The molecular formula is C17H18BrNO3. The normalized spacial score (nSPS) is 12.5. The molecule has 0 amide bonds. The Labute approximate surface area is 138 Å². The van der Waals surface area contributed by atoms with Gasteiger partial charge in [-0.1, -0.05) is 28.1 Å². The third-order valence-corrected chi connectivity index (χ3v) is 4.00. The Morgan fingerprint density at radius 1 is 1.18 bits per heavy atom. The number of benzene rings is 2. The van der Waals surface area contributed by atoms with E-state index in [-0.39, 0.29) is 12.9 Å². The number of ether oxygens (including phenoxy) is 3. The SMILES string of the molecule is CC(C)Oc1ccccc1NCc1cc2c(cc1Br)OCO2. The quantitative estimate of drug-likeness (QED) is 0.843. The molecule has 5 heteroatoms. The average Bonchev–Trinajstić information content (AvgIpc) is 2.92. The maximum Gasteiger partial charge on any atom is 0.231 e. The molecule has 0 spiro atoms. The lowest BCUT2D eigenvalue weighted by molar-refractivity contribution is 0.174. The fourth-order valence-electron chi connectivity index (χ4n) is 2.25. The standard InChI is InChI=1S/C17H18BrNO3/c1-11(2)22-15-6-4-3-5-14(15)19-9-12-7-16-17(8-13(12)18)21-10-20-16/h3-8,11,19H,9-10H2,1-2H3. The van der Waals surface area contributed by atoms with Gasteiger partial charge in [-0.2, -0.15) is 0 Å². The van der Waals surface area contributed by atoms with Crippen molar-refractivity contribution in [3.8, 4) is 17.2 Å². The van der Waals surface area contributed by atoms with Crippen molar-refractivity contribution in [2.45, 2.75) is 26.5 Å². The van der Waals surface area contributed by atoms with Gasteiger partial charge >= 0.3 is 0 Å². The molecular weight excluding hydrogens is 346 g/mol. The van der Waals surface area contributed by atoms with Gasteiger partial charge in [0.25, 0.3) is 0 Å². The average molecular weight is 364 g/mol. The minimum absolute atomic E-state index is 0.139. The fraction of sp³-hybridized carbons (Fsp3) is 0.294. The highest BCUT2D eigenvalue weighted by molar-refractivity contribution is 9.10. The molecule has 2 aromatic rings. The topological polar surface area (TPSA) is 39.7 Å². The summed E-state index contributed by atoms with van der Waals surface area (Å²) in [7, 11) is 0. The molecule has 0 radical (unpaired) electrons. The lowest BCUT2D eigenvalue weighted by Crippen LogP contribution is -2.08. The van der Waals surface area contributed by atoms with Crippen molar-refractivity contribution in [3.05, 3.63) is 46.4 Å². The number of para-hydroxylation sites is 2.